The predicted octanol–water partition coefficient (Wildman–Crippen LogP) is 2.52. The van der Waals surface area contributed by atoms with Crippen molar-refractivity contribution in [1.82, 2.24) is 20.1 Å². The smallest absolute Gasteiger partial charge is 0.250 e. The Bertz CT molecular complexity index is 665. The lowest BCUT2D eigenvalue weighted by atomic mass is 10.3. The van der Waals surface area contributed by atoms with Crippen LogP contribution < -0.4 is 10.2 Å². The Hall–Kier alpha value is -2.06. The summed E-state index contributed by atoms with van der Waals surface area (Å²) in [5.41, 5.74) is 1.19. The van der Waals surface area contributed by atoms with Gasteiger partial charge in [-0.3, -0.25) is 9.78 Å². The van der Waals surface area contributed by atoms with Gasteiger partial charge < -0.3 is 10.2 Å². The Morgan fingerprint density at radius 2 is 2.29 bits per heavy atom. The predicted molar refractivity (Wildman–Crippen MR) is 87.9 cm³/mol. The fourth-order valence-corrected chi connectivity index (χ4v) is 2.40. The molecule has 0 radical (unpaired) electrons. The number of hydrogen-bond donors (Lipinski definition) is 1. The molecule has 130 valence electrons. The molecule has 0 aliphatic rings. The van der Waals surface area contributed by atoms with Gasteiger partial charge >= 0.3 is 0 Å². The van der Waals surface area contributed by atoms with Gasteiger partial charge in [0.05, 0.1) is 24.6 Å². The number of nitrogens with one attached hydrogen (secondary N) is 1. The van der Waals surface area contributed by atoms with E-state index in [1.807, 2.05) is 13.0 Å². The molecule has 0 aromatic carbocycles. The number of amides is 1. The molecule has 0 atom stereocenters. The number of hydrogen-bond acceptors (Lipinski definition) is 4. The first kappa shape index (κ1) is 18.3. The molecular weight excluding hydrogens is 340 g/mol. The first-order chi connectivity index (χ1) is 11.5. The maximum atomic E-state index is 12.3. The highest BCUT2D eigenvalue weighted by Crippen LogP contribution is 2.26. The highest BCUT2D eigenvalue weighted by atomic mass is 35.5. The summed E-state index contributed by atoms with van der Waals surface area (Å²) in [6.07, 6.45) is 2.57. The van der Waals surface area contributed by atoms with Crippen LogP contribution in [0.4, 0.5) is 14.5 Å². The number of carbonyl (C=O) groups excluding carboxylic acids is 1. The third-order valence-electron chi connectivity index (χ3n) is 3.28. The van der Waals surface area contributed by atoms with E-state index in [4.69, 9.17) is 11.6 Å². The molecule has 0 bridgehead atoms. The van der Waals surface area contributed by atoms with Crippen molar-refractivity contribution in [1.29, 1.82) is 0 Å². The van der Waals surface area contributed by atoms with Crippen LogP contribution in [-0.2, 0) is 4.79 Å². The van der Waals surface area contributed by atoms with E-state index < -0.39 is 13.0 Å². The quantitative estimate of drug-likeness (QED) is 0.737. The number of anilines is 1. The summed E-state index contributed by atoms with van der Waals surface area (Å²) >= 11 is 6.15. The third kappa shape index (κ3) is 4.72. The van der Waals surface area contributed by atoms with Crippen LogP contribution in [0.25, 0.3) is 5.69 Å². The summed E-state index contributed by atoms with van der Waals surface area (Å²) in [5.74, 6) is -0.216. The van der Waals surface area contributed by atoms with Crippen molar-refractivity contribution < 1.29 is 13.6 Å². The molecule has 24 heavy (non-hydrogen) atoms. The van der Waals surface area contributed by atoms with E-state index in [0.29, 0.717) is 17.9 Å². The Morgan fingerprint density at radius 3 is 2.92 bits per heavy atom. The van der Waals surface area contributed by atoms with E-state index in [9.17, 15) is 13.6 Å². The first-order valence-electron chi connectivity index (χ1n) is 7.47. The van der Waals surface area contributed by atoms with E-state index in [2.05, 4.69) is 15.4 Å². The largest absolute Gasteiger partial charge is 0.311 e. The highest BCUT2D eigenvalue weighted by Gasteiger charge is 2.20. The van der Waals surface area contributed by atoms with Gasteiger partial charge in [-0.05, 0) is 19.1 Å². The van der Waals surface area contributed by atoms with Crippen molar-refractivity contribution in [2.24, 2.45) is 0 Å². The summed E-state index contributed by atoms with van der Waals surface area (Å²) in [5, 5.41) is 6.91. The topological polar surface area (TPSA) is 63.1 Å². The van der Waals surface area contributed by atoms with Crippen LogP contribution in [0.2, 0.25) is 5.15 Å². The molecule has 0 unspecified atom stereocenters. The summed E-state index contributed by atoms with van der Waals surface area (Å²) in [6.45, 7) is 1.95. The minimum Gasteiger partial charge on any atom is -0.311 e. The van der Waals surface area contributed by atoms with E-state index in [1.54, 1.807) is 24.7 Å². The average Bonchev–Trinajstić information content (AvgIpc) is 2.95. The zero-order chi connectivity index (χ0) is 17.5. The minimum absolute atomic E-state index is 0.0922. The molecule has 2 rings (SSSR count). The average molecular weight is 358 g/mol. The van der Waals surface area contributed by atoms with Crippen molar-refractivity contribution in [2.45, 2.75) is 19.8 Å². The molecule has 0 saturated carbocycles. The first-order valence-corrected chi connectivity index (χ1v) is 7.85. The summed E-state index contributed by atoms with van der Waals surface area (Å²) in [7, 11) is 0. The maximum Gasteiger partial charge on any atom is 0.250 e. The fraction of sp³-hybridized carbons (Fsp3) is 0.400. The number of pyridine rings is 1. The SMILES string of the molecule is CCN(C(=O)CCNCC(F)F)c1cn(-c2cccnc2)nc1Cl. The normalized spacial score (nSPS) is 11.0. The number of halogens is 3. The molecule has 9 heteroatoms. The number of rotatable bonds is 8. The van der Waals surface area contributed by atoms with Gasteiger partial charge in [0.25, 0.3) is 6.43 Å². The second-order valence-electron chi connectivity index (χ2n) is 4.94. The molecular formula is C15H18ClF2N5O. The van der Waals surface area contributed by atoms with E-state index in [1.165, 1.54) is 9.58 Å². The van der Waals surface area contributed by atoms with Gasteiger partial charge in [0.1, 0.15) is 5.69 Å². The monoisotopic (exact) mass is 357 g/mol. The lowest BCUT2D eigenvalue weighted by Gasteiger charge is -2.19. The van der Waals surface area contributed by atoms with Crippen molar-refractivity contribution in [3.05, 3.63) is 35.9 Å². The molecule has 1 N–H and O–H groups in total. The van der Waals surface area contributed by atoms with Crippen LogP contribution in [0.15, 0.2) is 30.7 Å². The molecule has 0 spiro atoms. The maximum absolute atomic E-state index is 12.3. The molecule has 2 aromatic heterocycles. The van der Waals surface area contributed by atoms with Gasteiger partial charge in [-0.1, -0.05) is 11.6 Å². The second-order valence-corrected chi connectivity index (χ2v) is 5.30. The zero-order valence-corrected chi connectivity index (χ0v) is 13.9. The van der Waals surface area contributed by atoms with Crippen molar-refractivity contribution >= 4 is 23.2 Å². The molecule has 1 amide bonds. The fourth-order valence-electron chi connectivity index (χ4n) is 2.17. The van der Waals surface area contributed by atoms with Gasteiger partial charge in [-0.15, -0.1) is 0 Å². The highest BCUT2D eigenvalue weighted by molar-refractivity contribution is 6.32. The molecule has 6 nitrogen and oxygen atoms in total. The number of aromatic nitrogens is 3. The third-order valence-corrected chi connectivity index (χ3v) is 3.55. The molecule has 0 aliphatic heterocycles. The van der Waals surface area contributed by atoms with Crippen LogP contribution in [0, 0.1) is 0 Å². The van der Waals surface area contributed by atoms with Crippen molar-refractivity contribution in [3.8, 4) is 5.69 Å². The van der Waals surface area contributed by atoms with E-state index >= 15 is 0 Å². The van der Waals surface area contributed by atoms with Crippen molar-refractivity contribution in [3.63, 3.8) is 0 Å². The summed E-state index contributed by atoms with van der Waals surface area (Å²) < 4.78 is 25.7. The molecule has 0 fully saturated rings. The van der Waals surface area contributed by atoms with E-state index in [0.717, 1.165) is 0 Å². The zero-order valence-electron chi connectivity index (χ0n) is 13.1. The van der Waals surface area contributed by atoms with Crippen molar-refractivity contribution in [2.75, 3.05) is 24.5 Å². The van der Waals surface area contributed by atoms with Gasteiger partial charge in [-0.2, -0.15) is 5.10 Å². The lowest BCUT2D eigenvalue weighted by Crippen LogP contribution is -2.34. The van der Waals surface area contributed by atoms with Crippen LogP contribution in [0.3, 0.4) is 0 Å². The minimum atomic E-state index is -2.44. The number of nitrogens with zero attached hydrogens (tertiary/aromatic N) is 4. The van der Waals surface area contributed by atoms with Gasteiger partial charge in [-0.25, -0.2) is 13.5 Å². The lowest BCUT2D eigenvalue weighted by molar-refractivity contribution is -0.118. The standard InChI is InChI=1S/C15H18ClF2N5O/c1-2-22(14(24)5-7-20-9-13(17)18)12-10-23(21-15(12)16)11-4-3-6-19-8-11/h3-4,6,8,10,13,20H,2,5,7,9H2,1H3. The summed E-state index contributed by atoms with van der Waals surface area (Å²) in [6, 6.07) is 3.58. The molecule has 0 saturated heterocycles. The van der Waals surface area contributed by atoms with Crippen LogP contribution in [-0.4, -0.2) is 46.7 Å². The molecule has 2 heterocycles. The van der Waals surface area contributed by atoms with E-state index in [-0.39, 0.29) is 24.0 Å². The van der Waals surface area contributed by atoms with Crippen LogP contribution in [0.1, 0.15) is 13.3 Å². The van der Waals surface area contributed by atoms with Gasteiger partial charge in [0.2, 0.25) is 5.91 Å². The number of alkyl halides is 2. The molecule has 0 aliphatic carbocycles. The Labute approximate surface area is 143 Å². The van der Waals surface area contributed by atoms with Gasteiger partial charge in [0, 0.05) is 25.7 Å². The Morgan fingerprint density at radius 1 is 1.50 bits per heavy atom. The Kier molecular flexibility index (Phi) is 6.62. The second kappa shape index (κ2) is 8.70. The van der Waals surface area contributed by atoms with Crippen LogP contribution in [0.5, 0.6) is 0 Å². The summed E-state index contributed by atoms with van der Waals surface area (Å²) in [4.78, 5) is 17.8. The number of carbonyl (C=O) groups is 1. The van der Waals surface area contributed by atoms with Gasteiger partial charge in [0.15, 0.2) is 5.15 Å². The molecule has 2 aromatic rings. The van der Waals surface area contributed by atoms with Crippen LogP contribution >= 0.6 is 11.6 Å². The Balaban J connectivity index is 2.07.